The molecule has 1 aliphatic rings. The van der Waals surface area contributed by atoms with Crippen LogP contribution in [0.5, 0.6) is 0 Å². The van der Waals surface area contributed by atoms with Gasteiger partial charge in [0.05, 0.1) is 10.8 Å². The van der Waals surface area contributed by atoms with Crippen molar-refractivity contribution in [2.24, 2.45) is 0 Å². The van der Waals surface area contributed by atoms with Gasteiger partial charge in [-0.25, -0.2) is 9.00 Å². The molecule has 0 saturated heterocycles. The summed E-state index contributed by atoms with van der Waals surface area (Å²) in [5.74, 6) is -0.446. The van der Waals surface area contributed by atoms with E-state index in [2.05, 4.69) is 6.92 Å². The summed E-state index contributed by atoms with van der Waals surface area (Å²) in [4.78, 5) is 12.6. The molecular weight excluding hydrogens is 248 g/mol. The maximum Gasteiger partial charge on any atom is 0.347 e. The van der Waals surface area contributed by atoms with E-state index >= 15 is 0 Å². The molecule has 1 aliphatic heterocycles. The Bertz CT molecular complexity index is 479. The summed E-state index contributed by atoms with van der Waals surface area (Å²) in [7, 11) is -1.43. The molecule has 2 atom stereocenters. The minimum atomic E-state index is -1.43. The van der Waals surface area contributed by atoms with Gasteiger partial charge in [-0.3, -0.25) is 0 Å². The van der Waals surface area contributed by atoms with Crippen LogP contribution in [0.4, 0.5) is 0 Å². The largest absolute Gasteiger partial charge is 0.454 e. The normalized spacial score (nSPS) is 20.4. The van der Waals surface area contributed by atoms with Gasteiger partial charge in [0, 0.05) is 4.90 Å². The second kappa shape index (κ2) is 5.96. The molecule has 18 heavy (non-hydrogen) atoms. The van der Waals surface area contributed by atoms with Gasteiger partial charge in [-0.2, -0.15) is 0 Å². The molecule has 2 rings (SSSR count). The van der Waals surface area contributed by atoms with E-state index in [0.717, 1.165) is 19.3 Å². The van der Waals surface area contributed by atoms with Gasteiger partial charge in [0.2, 0.25) is 0 Å². The van der Waals surface area contributed by atoms with Crippen LogP contribution in [0.15, 0.2) is 46.2 Å². The first-order chi connectivity index (χ1) is 8.72. The fraction of sp³-hybridized carbons (Fsp3) is 0.357. The van der Waals surface area contributed by atoms with Crippen LogP contribution in [0.3, 0.4) is 0 Å². The number of carbonyl (C=O) groups is 1. The van der Waals surface area contributed by atoms with Gasteiger partial charge < -0.3 is 4.74 Å². The maximum atomic E-state index is 12.2. The lowest BCUT2D eigenvalue weighted by Crippen LogP contribution is -2.09. The van der Waals surface area contributed by atoms with Crippen LogP contribution in [0.2, 0.25) is 0 Å². The molecule has 96 valence electrons. The van der Waals surface area contributed by atoms with E-state index in [9.17, 15) is 9.00 Å². The standard InChI is InChI=1S/C14H16O3S/c1-2-3-7-11-10-13(14(15)17-11)18(16)12-8-5-4-6-9-12/h4-6,8-11H,2-3,7H2,1H3. The van der Waals surface area contributed by atoms with E-state index in [-0.39, 0.29) is 11.0 Å². The number of benzene rings is 1. The Balaban J connectivity index is 2.13. The Hall–Kier alpha value is -1.42. The van der Waals surface area contributed by atoms with Crippen molar-refractivity contribution < 1.29 is 13.7 Å². The van der Waals surface area contributed by atoms with E-state index in [4.69, 9.17) is 4.74 Å². The number of ether oxygens (including phenoxy) is 1. The molecule has 3 nitrogen and oxygen atoms in total. The van der Waals surface area contributed by atoms with Crippen molar-refractivity contribution in [3.05, 3.63) is 41.3 Å². The second-order valence-electron chi connectivity index (χ2n) is 4.20. The van der Waals surface area contributed by atoms with Crippen molar-refractivity contribution >= 4 is 16.8 Å². The van der Waals surface area contributed by atoms with Crippen molar-refractivity contribution in [1.29, 1.82) is 0 Å². The van der Waals surface area contributed by atoms with Gasteiger partial charge in [0.25, 0.3) is 0 Å². The number of esters is 1. The highest BCUT2D eigenvalue weighted by atomic mass is 32.2. The Morgan fingerprint density at radius 1 is 1.28 bits per heavy atom. The molecule has 2 unspecified atom stereocenters. The van der Waals surface area contributed by atoms with Crippen molar-refractivity contribution in [3.63, 3.8) is 0 Å². The van der Waals surface area contributed by atoms with Gasteiger partial charge in [-0.1, -0.05) is 31.5 Å². The molecule has 0 bridgehead atoms. The smallest absolute Gasteiger partial charge is 0.347 e. The maximum absolute atomic E-state index is 12.2. The van der Waals surface area contributed by atoms with E-state index in [1.807, 2.05) is 18.2 Å². The highest BCUT2D eigenvalue weighted by Gasteiger charge is 2.29. The van der Waals surface area contributed by atoms with E-state index in [1.165, 1.54) is 0 Å². The molecule has 0 radical (unpaired) electrons. The zero-order valence-corrected chi connectivity index (χ0v) is 11.1. The van der Waals surface area contributed by atoms with Crippen LogP contribution < -0.4 is 0 Å². The molecule has 0 aromatic heterocycles. The van der Waals surface area contributed by atoms with Crippen molar-refractivity contribution in [1.82, 2.24) is 0 Å². The fourth-order valence-electron chi connectivity index (χ4n) is 1.82. The summed E-state index contributed by atoms with van der Waals surface area (Å²) in [6.07, 6.45) is 4.36. The third kappa shape index (κ3) is 2.88. The van der Waals surface area contributed by atoms with Crippen molar-refractivity contribution in [2.45, 2.75) is 37.2 Å². The highest BCUT2D eigenvalue weighted by Crippen LogP contribution is 2.24. The molecular formula is C14H16O3S. The van der Waals surface area contributed by atoms with Crippen LogP contribution >= 0.6 is 0 Å². The number of rotatable bonds is 5. The minimum absolute atomic E-state index is 0.208. The molecule has 1 aromatic carbocycles. The Morgan fingerprint density at radius 3 is 2.67 bits per heavy atom. The molecule has 1 aromatic rings. The van der Waals surface area contributed by atoms with Crippen LogP contribution in [0, 0.1) is 0 Å². The second-order valence-corrected chi connectivity index (χ2v) is 5.65. The highest BCUT2D eigenvalue weighted by molar-refractivity contribution is 7.90. The first-order valence-electron chi connectivity index (χ1n) is 6.12. The van der Waals surface area contributed by atoms with Gasteiger partial charge in [-0.05, 0) is 31.1 Å². The third-order valence-corrected chi connectivity index (χ3v) is 4.20. The van der Waals surface area contributed by atoms with Crippen LogP contribution in [-0.2, 0) is 20.3 Å². The molecule has 0 saturated carbocycles. The first kappa shape index (κ1) is 13.0. The van der Waals surface area contributed by atoms with Crippen molar-refractivity contribution in [3.8, 4) is 0 Å². The average Bonchev–Trinajstić information content (AvgIpc) is 2.78. The average molecular weight is 264 g/mol. The zero-order valence-electron chi connectivity index (χ0n) is 10.3. The molecule has 4 heteroatoms. The van der Waals surface area contributed by atoms with Gasteiger partial charge >= 0.3 is 5.97 Å². The first-order valence-corrected chi connectivity index (χ1v) is 7.27. The number of carbonyl (C=O) groups excluding carboxylic acids is 1. The number of hydrogen-bond donors (Lipinski definition) is 0. The van der Waals surface area contributed by atoms with Gasteiger partial charge in [-0.15, -0.1) is 0 Å². The lowest BCUT2D eigenvalue weighted by molar-refractivity contribution is -0.139. The summed E-state index contributed by atoms with van der Waals surface area (Å²) >= 11 is 0. The lowest BCUT2D eigenvalue weighted by atomic mass is 10.2. The molecule has 0 spiro atoms. The van der Waals surface area contributed by atoms with Gasteiger partial charge in [0.1, 0.15) is 11.0 Å². The van der Waals surface area contributed by atoms with Crippen LogP contribution in [0.25, 0.3) is 0 Å². The molecule has 0 fully saturated rings. The van der Waals surface area contributed by atoms with Crippen LogP contribution in [0.1, 0.15) is 26.2 Å². The zero-order chi connectivity index (χ0) is 13.0. The predicted octanol–water partition coefficient (Wildman–Crippen LogP) is 2.79. The summed E-state index contributed by atoms with van der Waals surface area (Å²) in [6, 6.07) is 8.98. The van der Waals surface area contributed by atoms with Gasteiger partial charge in [0.15, 0.2) is 0 Å². The van der Waals surface area contributed by atoms with Crippen molar-refractivity contribution in [2.75, 3.05) is 0 Å². The van der Waals surface area contributed by atoms with E-state index < -0.39 is 16.8 Å². The number of hydrogen-bond acceptors (Lipinski definition) is 3. The fourth-order valence-corrected chi connectivity index (χ4v) is 2.96. The predicted molar refractivity (Wildman–Crippen MR) is 70.3 cm³/mol. The summed E-state index contributed by atoms with van der Waals surface area (Å²) in [5.41, 5.74) is 0. The lowest BCUT2D eigenvalue weighted by Gasteiger charge is -2.05. The van der Waals surface area contributed by atoms with E-state index in [0.29, 0.717) is 4.90 Å². The summed E-state index contributed by atoms with van der Waals surface area (Å²) < 4.78 is 17.4. The van der Waals surface area contributed by atoms with E-state index in [1.54, 1.807) is 18.2 Å². The molecule has 0 aliphatic carbocycles. The SMILES string of the molecule is CCCCC1C=C(S(=O)c2ccccc2)C(=O)O1. The Kier molecular flexibility index (Phi) is 4.31. The summed E-state index contributed by atoms with van der Waals surface area (Å²) in [5, 5.41) is 0. The summed E-state index contributed by atoms with van der Waals surface area (Å²) in [6.45, 7) is 2.09. The Morgan fingerprint density at radius 2 is 2.00 bits per heavy atom. The third-order valence-electron chi connectivity index (χ3n) is 2.80. The molecule has 0 amide bonds. The van der Waals surface area contributed by atoms with Crippen LogP contribution in [-0.4, -0.2) is 16.3 Å². The number of unbranched alkanes of at least 4 members (excludes halogenated alkanes) is 1. The monoisotopic (exact) mass is 264 g/mol. The molecule has 0 N–H and O–H groups in total. The molecule has 1 heterocycles. The number of cyclic esters (lactones) is 1. The topological polar surface area (TPSA) is 43.4 Å². The quantitative estimate of drug-likeness (QED) is 0.768. The minimum Gasteiger partial charge on any atom is -0.454 e. The Labute approximate surface area is 109 Å².